The van der Waals surface area contributed by atoms with E-state index >= 15 is 0 Å². The maximum atomic E-state index is 3.74. The molecule has 2 N–H and O–H groups in total. The van der Waals surface area contributed by atoms with Crippen molar-refractivity contribution in [2.75, 3.05) is 26.2 Å². The van der Waals surface area contributed by atoms with Crippen LogP contribution in [0.25, 0.3) is 0 Å². The molecule has 0 saturated heterocycles. The minimum Gasteiger partial charge on any atom is -0.315 e. The maximum absolute atomic E-state index is 3.74. The largest absolute Gasteiger partial charge is 0.315 e. The number of hydrogen-bond donors (Lipinski definition) is 2. The van der Waals surface area contributed by atoms with Gasteiger partial charge in [0.05, 0.1) is 0 Å². The summed E-state index contributed by atoms with van der Waals surface area (Å²) in [6, 6.07) is 21.7. The SMILES string of the molecule is C.CC1(C)C2CCC(CNCCNCC(c3ccccc3)c3ccccc3)[C@@H]1C2.S.S. The molecule has 0 heterocycles. The Hall–Kier alpha value is -0.940. The molecule has 3 aliphatic carbocycles. The Balaban J connectivity index is 0.00000160. The molecule has 4 heteroatoms. The van der Waals surface area contributed by atoms with Gasteiger partial charge in [-0.2, -0.15) is 27.0 Å². The van der Waals surface area contributed by atoms with E-state index in [9.17, 15) is 0 Å². The van der Waals surface area contributed by atoms with E-state index in [0.29, 0.717) is 11.3 Å². The van der Waals surface area contributed by atoms with E-state index in [0.717, 1.165) is 37.4 Å². The van der Waals surface area contributed by atoms with Gasteiger partial charge in [-0.05, 0) is 60.1 Å². The number of nitrogens with one attached hydrogen (secondary N) is 2. The summed E-state index contributed by atoms with van der Waals surface area (Å²) in [5, 5.41) is 7.43. The van der Waals surface area contributed by atoms with Crippen molar-refractivity contribution in [2.24, 2.45) is 23.2 Å². The second-order valence-corrected chi connectivity index (χ2v) is 9.48. The minimum absolute atomic E-state index is 0. The summed E-state index contributed by atoms with van der Waals surface area (Å²) in [5.74, 6) is 3.26. The Bertz CT molecular complexity index is 694. The summed E-state index contributed by atoms with van der Waals surface area (Å²) in [5.41, 5.74) is 3.37. The zero-order valence-corrected chi connectivity index (χ0v) is 20.5. The number of rotatable bonds is 9. The molecule has 0 aromatic heterocycles. The lowest BCUT2D eigenvalue weighted by atomic mass is 9.45. The molecule has 3 fully saturated rings. The fraction of sp³-hybridized carbons (Fsp3) is 0.556. The Morgan fingerprint density at radius 2 is 1.39 bits per heavy atom. The Kier molecular flexibility index (Phi) is 11.7. The van der Waals surface area contributed by atoms with Gasteiger partial charge >= 0.3 is 0 Å². The molecule has 5 rings (SSSR count). The molecule has 3 aliphatic rings. The van der Waals surface area contributed by atoms with Crippen LogP contribution in [-0.4, -0.2) is 26.2 Å². The van der Waals surface area contributed by atoms with Crippen molar-refractivity contribution >= 4 is 27.0 Å². The molecule has 3 atom stereocenters. The van der Waals surface area contributed by atoms with E-state index in [1.807, 2.05) is 0 Å². The first-order valence-electron chi connectivity index (χ1n) is 11.2. The molecular weight excluding hydrogens is 416 g/mol. The molecule has 2 unspecified atom stereocenters. The molecule has 3 saturated carbocycles. The van der Waals surface area contributed by atoms with Crippen LogP contribution in [0.5, 0.6) is 0 Å². The van der Waals surface area contributed by atoms with Crippen molar-refractivity contribution in [3.8, 4) is 0 Å². The van der Waals surface area contributed by atoms with Gasteiger partial charge in [0.25, 0.3) is 0 Å². The molecule has 2 bridgehead atoms. The van der Waals surface area contributed by atoms with Gasteiger partial charge in [-0.25, -0.2) is 0 Å². The van der Waals surface area contributed by atoms with Crippen LogP contribution in [-0.2, 0) is 0 Å². The highest BCUT2D eigenvalue weighted by Gasteiger charge is 2.53. The normalized spacial score (nSPS) is 23.0. The van der Waals surface area contributed by atoms with E-state index in [1.165, 1.54) is 36.9 Å². The van der Waals surface area contributed by atoms with Crippen LogP contribution in [0, 0.1) is 23.2 Å². The molecular formula is C27H44N2S2. The predicted octanol–water partition coefficient (Wildman–Crippen LogP) is 5.93. The van der Waals surface area contributed by atoms with Gasteiger partial charge in [0.15, 0.2) is 0 Å². The van der Waals surface area contributed by atoms with Crippen molar-refractivity contribution in [1.82, 2.24) is 10.6 Å². The summed E-state index contributed by atoms with van der Waals surface area (Å²) in [6.07, 6.45) is 4.36. The Labute approximate surface area is 204 Å². The van der Waals surface area contributed by atoms with Gasteiger partial charge in [0.2, 0.25) is 0 Å². The molecule has 2 aromatic rings. The van der Waals surface area contributed by atoms with E-state index in [4.69, 9.17) is 0 Å². The zero-order valence-electron chi connectivity index (χ0n) is 18.5. The molecule has 31 heavy (non-hydrogen) atoms. The monoisotopic (exact) mass is 460 g/mol. The smallest absolute Gasteiger partial charge is 0.0214 e. The highest BCUT2D eigenvalue weighted by Crippen LogP contribution is 2.61. The first-order chi connectivity index (χ1) is 13.7. The molecule has 0 amide bonds. The van der Waals surface area contributed by atoms with Gasteiger partial charge in [0, 0.05) is 25.6 Å². The van der Waals surface area contributed by atoms with Crippen LogP contribution in [0.4, 0.5) is 0 Å². The predicted molar refractivity (Wildman–Crippen MR) is 146 cm³/mol. The second-order valence-electron chi connectivity index (χ2n) is 9.48. The third-order valence-electron chi connectivity index (χ3n) is 7.64. The van der Waals surface area contributed by atoms with Crippen molar-refractivity contribution in [2.45, 2.75) is 46.5 Å². The standard InChI is InChI=1S/C26H36N2.CH4.2H2S/c1-26(2)23-14-13-22(25(26)17-23)18-27-15-16-28-19-24(20-9-5-3-6-10-20)21-11-7-4-8-12-21;;;/h3-12,22-25,27-28H,13-19H2,1-2H3;1H4;2*1H2/t22?,23?,25-;;;/m0.../s1. The number of fused-ring (bicyclic) bond motifs is 2. The van der Waals surface area contributed by atoms with Crippen LogP contribution < -0.4 is 10.6 Å². The quantitative estimate of drug-likeness (QED) is 0.453. The summed E-state index contributed by atoms with van der Waals surface area (Å²) in [4.78, 5) is 0. The topological polar surface area (TPSA) is 24.1 Å². The highest BCUT2D eigenvalue weighted by atomic mass is 32.1. The van der Waals surface area contributed by atoms with E-state index in [1.54, 1.807) is 0 Å². The highest BCUT2D eigenvalue weighted by molar-refractivity contribution is 7.59. The first kappa shape index (κ1) is 28.1. The molecule has 2 aromatic carbocycles. The lowest BCUT2D eigenvalue weighted by molar-refractivity contribution is -0.103. The minimum atomic E-state index is 0. The van der Waals surface area contributed by atoms with Gasteiger partial charge in [0.1, 0.15) is 0 Å². The van der Waals surface area contributed by atoms with Crippen molar-refractivity contribution in [3.63, 3.8) is 0 Å². The summed E-state index contributed by atoms with van der Waals surface area (Å²) in [6.45, 7) is 9.25. The van der Waals surface area contributed by atoms with Crippen molar-refractivity contribution in [3.05, 3.63) is 71.8 Å². The van der Waals surface area contributed by atoms with Crippen LogP contribution >= 0.6 is 27.0 Å². The fourth-order valence-corrected chi connectivity index (χ4v) is 5.72. The van der Waals surface area contributed by atoms with E-state index in [-0.39, 0.29) is 34.4 Å². The third-order valence-corrected chi connectivity index (χ3v) is 7.64. The lowest BCUT2D eigenvalue weighted by Gasteiger charge is -2.60. The van der Waals surface area contributed by atoms with E-state index < -0.39 is 0 Å². The summed E-state index contributed by atoms with van der Waals surface area (Å²) in [7, 11) is 0. The van der Waals surface area contributed by atoms with Crippen molar-refractivity contribution < 1.29 is 0 Å². The Morgan fingerprint density at radius 3 is 1.90 bits per heavy atom. The summed E-state index contributed by atoms with van der Waals surface area (Å²) < 4.78 is 0. The zero-order chi connectivity index (χ0) is 19.4. The van der Waals surface area contributed by atoms with E-state index in [2.05, 4.69) is 85.1 Å². The maximum Gasteiger partial charge on any atom is 0.0214 e. The van der Waals surface area contributed by atoms with Crippen LogP contribution in [0.3, 0.4) is 0 Å². The third kappa shape index (κ3) is 6.54. The fourth-order valence-electron chi connectivity index (χ4n) is 5.72. The second kappa shape index (κ2) is 12.9. The number of hydrogen-bond acceptors (Lipinski definition) is 2. The van der Waals surface area contributed by atoms with Gasteiger partial charge in [-0.3, -0.25) is 0 Å². The van der Waals surface area contributed by atoms with Crippen LogP contribution in [0.1, 0.15) is 57.6 Å². The lowest BCUT2D eigenvalue weighted by Crippen LogP contribution is -2.54. The molecule has 0 spiro atoms. The van der Waals surface area contributed by atoms with Gasteiger partial charge in [-0.1, -0.05) is 81.9 Å². The number of benzene rings is 2. The van der Waals surface area contributed by atoms with Crippen molar-refractivity contribution in [1.29, 1.82) is 0 Å². The van der Waals surface area contributed by atoms with Gasteiger partial charge in [-0.15, -0.1) is 0 Å². The summed E-state index contributed by atoms with van der Waals surface area (Å²) >= 11 is 0. The molecule has 0 radical (unpaired) electrons. The molecule has 0 aliphatic heterocycles. The van der Waals surface area contributed by atoms with Gasteiger partial charge < -0.3 is 10.6 Å². The molecule has 174 valence electrons. The molecule has 2 nitrogen and oxygen atoms in total. The van der Waals surface area contributed by atoms with Crippen LogP contribution in [0.15, 0.2) is 60.7 Å². The average Bonchev–Trinajstić information content (AvgIpc) is 2.74. The Morgan fingerprint density at radius 1 is 0.839 bits per heavy atom. The van der Waals surface area contributed by atoms with Crippen LogP contribution in [0.2, 0.25) is 0 Å². The average molecular weight is 461 g/mol. The first-order valence-corrected chi connectivity index (χ1v) is 11.2.